The topological polar surface area (TPSA) is 15.6 Å². The Morgan fingerprint density at radius 3 is 1.60 bits per heavy atom. The van der Waals surface area contributed by atoms with Crippen LogP contribution < -0.4 is 4.90 Å². The summed E-state index contributed by atoms with van der Waals surface area (Å²) in [5, 5.41) is 1.25. The second-order valence-electron chi connectivity index (χ2n) is 15.9. The predicted molar refractivity (Wildman–Crippen MR) is 258 cm³/mol. The van der Waals surface area contributed by atoms with Gasteiger partial charge in [0.25, 0.3) is 0 Å². The zero-order chi connectivity index (χ0) is 39.1. The molecular weight excluding hydrogens is 769 g/mol. The lowest BCUT2D eigenvalue weighted by Gasteiger charge is -2.23. The molecule has 300 valence electrons. The van der Waals surface area contributed by atoms with Crippen molar-refractivity contribution in [2.24, 2.45) is 4.99 Å². The summed E-state index contributed by atoms with van der Waals surface area (Å²) in [6, 6.07) is 36.7. The quantitative estimate of drug-likeness (QED) is 0.0492. The minimum atomic E-state index is 0.513. The van der Waals surface area contributed by atoms with Crippen molar-refractivity contribution in [3.8, 4) is 29.3 Å². The van der Waals surface area contributed by atoms with Gasteiger partial charge in [-0.25, -0.2) is 0 Å². The Kier molecular flexibility index (Phi) is 16.3. The highest BCUT2D eigenvalue weighted by Crippen LogP contribution is 2.49. The van der Waals surface area contributed by atoms with Gasteiger partial charge < -0.3 is 4.90 Å². The van der Waals surface area contributed by atoms with E-state index < -0.39 is 0 Å². The van der Waals surface area contributed by atoms with Crippen LogP contribution in [0.2, 0.25) is 0 Å². The summed E-state index contributed by atoms with van der Waals surface area (Å²) < 4.78 is 0. The highest BCUT2D eigenvalue weighted by Gasteiger charge is 2.21. The lowest BCUT2D eigenvalue weighted by molar-refractivity contribution is 0.444. The van der Waals surface area contributed by atoms with Crippen molar-refractivity contribution >= 4 is 67.9 Å². The fourth-order valence-electron chi connectivity index (χ4n) is 8.16. The van der Waals surface area contributed by atoms with E-state index in [-0.39, 0.29) is 0 Å². The molecule has 6 aromatic rings. The number of hydrogen-bond acceptors (Lipinski definition) is 6. The first kappa shape index (κ1) is 41.9. The average Bonchev–Trinajstić information content (AvgIpc) is 4.08. The minimum absolute atomic E-state index is 0.513. The number of anilines is 3. The van der Waals surface area contributed by atoms with E-state index in [1.807, 2.05) is 45.3 Å². The maximum absolute atomic E-state index is 5.04. The van der Waals surface area contributed by atoms with Gasteiger partial charge in [0.1, 0.15) is 5.00 Å². The second kappa shape index (κ2) is 22.2. The first-order valence-electron chi connectivity index (χ1n) is 22.1. The zero-order valence-electron chi connectivity index (χ0n) is 34.4. The van der Waals surface area contributed by atoms with Crippen LogP contribution in [-0.2, 0) is 12.8 Å². The number of unbranched alkanes of at least 4 members (excludes halogenated alkanes) is 10. The summed E-state index contributed by atoms with van der Waals surface area (Å²) in [5.41, 5.74) is 5.44. The Hall–Kier alpha value is -3.29. The predicted octanol–water partition coefficient (Wildman–Crippen LogP) is 18.0. The van der Waals surface area contributed by atoms with E-state index in [1.165, 1.54) is 171 Å². The van der Waals surface area contributed by atoms with Crippen LogP contribution in [0.5, 0.6) is 0 Å². The van der Waals surface area contributed by atoms with Gasteiger partial charge in [-0.15, -0.1) is 45.3 Å². The summed E-state index contributed by atoms with van der Waals surface area (Å²) in [7, 11) is 0. The normalized spacial score (nSPS) is 13.6. The molecule has 0 radical (unpaired) electrons. The molecule has 4 aromatic heterocycles. The van der Waals surface area contributed by atoms with Crippen molar-refractivity contribution < 1.29 is 0 Å². The van der Waals surface area contributed by atoms with Gasteiger partial charge in [0.05, 0.1) is 0 Å². The molecule has 1 aliphatic rings. The summed E-state index contributed by atoms with van der Waals surface area (Å²) in [4.78, 5) is 17.3. The Labute approximate surface area is 359 Å². The number of thiophene rings is 4. The molecular formula is C51H62N2S4. The monoisotopic (exact) mass is 830 g/mol. The van der Waals surface area contributed by atoms with Crippen LogP contribution in [-0.4, -0.2) is 12.3 Å². The van der Waals surface area contributed by atoms with Gasteiger partial charge in [-0.3, -0.25) is 4.99 Å². The molecule has 4 heterocycles. The van der Waals surface area contributed by atoms with Crippen LogP contribution in [0.15, 0.2) is 102 Å². The molecule has 0 unspecified atom stereocenters. The zero-order valence-corrected chi connectivity index (χ0v) is 37.6. The average molecular weight is 831 g/mol. The van der Waals surface area contributed by atoms with E-state index in [4.69, 9.17) is 4.99 Å². The Bertz CT molecular complexity index is 2040. The van der Waals surface area contributed by atoms with Gasteiger partial charge in [0.2, 0.25) is 0 Å². The van der Waals surface area contributed by atoms with Crippen LogP contribution >= 0.6 is 45.3 Å². The van der Waals surface area contributed by atoms with Crippen molar-refractivity contribution in [1.82, 2.24) is 0 Å². The maximum atomic E-state index is 5.04. The van der Waals surface area contributed by atoms with E-state index in [0.717, 1.165) is 12.8 Å². The van der Waals surface area contributed by atoms with Crippen LogP contribution in [0, 0.1) is 0 Å². The molecule has 0 saturated heterocycles. The van der Waals surface area contributed by atoms with Crippen LogP contribution in [0.25, 0.3) is 29.3 Å². The van der Waals surface area contributed by atoms with E-state index in [0.29, 0.717) is 6.04 Å². The number of benzene rings is 2. The van der Waals surface area contributed by atoms with E-state index >= 15 is 0 Å². The van der Waals surface area contributed by atoms with Crippen LogP contribution in [0.1, 0.15) is 139 Å². The number of nitrogens with zero attached hydrogens (tertiary/aromatic N) is 2. The van der Waals surface area contributed by atoms with Crippen molar-refractivity contribution in [2.45, 2.75) is 142 Å². The van der Waals surface area contributed by atoms with E-state index in [9.17, 15) is 0 Å². The van der Waals surface area contributed by atoms with Crippen molar-refractivity contribution in [1.29, 1.82) is 0 Å². The van der Waals surface area contributed by atoms with E-state index in [1.54, 1.807) is 0 Å². The summed E-state index contributed by atoms with van der Waals surface area (Å²) in [6.45, 7) is 4.62. The first-order valence-corrected chi connectivity index (χ1v) is 25.4. The van der Waals surface area contributed by atoms with Gasteiger partial charge in [-0.05, 0) is 110 Å². The fourth-order valence-corrected chi connectivity index (χ4v) is 12.9. The molecule has 2 aromatic carbocycles. The fraction of sp³-hybridized carbons (Fsp3) is 0.431. The Balaban J connectivity index is 1.19. The second-order valence-corrected chi connectivity index (χ2v) is 20.2. The SMILES string of the molecule is CCCCCCCCc1cc(-c2cc(CCCCCCCC)c(-c3ccc(N(c4ccccc4)c4ccccc4)s3)s2)sc1-c1ccc(C=NC2CCCCC2)s1. The standard InChI is InChI=1S/C51H62N2S4/c1-3-5-7-9-11-16-24-39-36-47(56-50(39)45-33-32-44(54-45)38-52-41-26-18-13-19-27-41)48-37-40(25-17-12-10-8-6-4-2)51(57-48)46-34-35-49(55-46)53(42-28-20-14-21-29-42)43-30-22-15-23-31-43/h14-15,20-23,28-38,41H,3-13,16-19,24-27H2,1-2H3. The molecule has 0 atom stereocenters. The molecule has 1 fully saturated rings. The van der Waals surface area contributed by atoms with Crippen molar-refractivity contribution in [2.75, 3.05) is 4.90 Å². The molecule has 1 aliphatic carbocycles. The first-order chi connectivity index (χ1) is 28.2. The molecule has 2 nitrogen and oxygen atoms in total. The number of hydrogen-bond donors (Lipinski definition) is 0. The summed E-state index contributed by atoms with van der Waals surface area (Å²) >= 11 is 7.91. The van der Waals surface area contributed by atoms with Crippen LogP contribution in [0.3, 0.4) is 0 Å². The molecule has 0 bridgehead atoms. The number of aliphatic imine (C=N–C) groups is 1. The number of para-hydroxylation sites is 2. The lowest BCUT2D eigenvalue weighted by atomic mass is 9.96. The van der Waals surface area contributed by atoms with Crippen LogP contribution in [0.4, 0.5) is 16.4 Å². The summed E-state index contributed by atoms with van der Waals surface area (Å²) in [6.07, 6.45) is 26.9. The Morgan fingerprint density at radius 1 is 0.526 bits per heavy atom. The third-order valence-electron chi connectivity index (χ3n) is 11.4. The molecule has 6 heteroatoms. The molecule has 0 aliphatic heterocycles. The smallest absolute Gasteiger partial charge is 0.101 e. The Morgan fingerprint density at radius 2 is 1.04 bits per heavy atom. The summed E-state index contributed by atoms with van der Waals surface area (Å²) in [5.74, 6) is 0. The van der Waals surface area contributed by atoms with Crippen molar-refractivity contribution in [3.63, 3.8) is 0 Å². The highest BCUT2D eigenvalue weighted by atomic mass is 32.1. The van der Waals surface area contributed by atoms with Gasteiger partial charge in [0.15, 0.2) is 0 Å². The maximum Gasteiger partial charge on any atom is 0.101 e. The minimum Gasteiger partial charge on any atom is -0.302 e. The lowest BCUT2D eigenvalue weighted by Crippen LogP contribution is -2.09. The highest BCUT2D eigenvalue weighted by molar-refractivity contribution is 7.29. The van der Waals surface area contributed by atoms with Gasteiger partial charge in [-0.1, -0.05) is 134 Å². The largest absolute Gasteiger partial charge is 0.302 e. The molecule has 0 amide bonds. The van der Waals surface area contributed by atoms with Gasteiger partial charge in [-0.2, -0.15) is 0 Å². The third kappa shape index (κ3) is 11.7. The van der Waals surface area contributed by atoms with E-state index in [2.05, 4.69) is 122 Å². The van der Waals surface area contributed by atoms with Gasteiger partial charge in [0, 0.05) is 57.8 Å². The molecule has 0 spiro atoms. The number of rotatable bonds is 22. The molecule has 57 heavy (non-hydrogen) atoms. The molecule has 1 saturated carbocycles. The number of aryl methyl sites for hydroxylation is 2. The molecule has 0 N–H and O–H groups in total. The molecule has 7 rings (SSSR count). The van der Waals surface area contributed by atoms with Gasteiger partial charge >= 0.3 is 0 Å². The third-order valence-corrected chi connectivity index (χ3v) is 16.4. The van der Waals surface area contributed by atoms with Crippen molar-refractivity contribution in [3.05, 3.63) is 113 Å².